The third-order valence-corrected chi connectivity index (χ3v) is 6.62. The topological polar surface area (TPSA) is 79.7 Å². The fourth-order valence-electron chi connectivity index (χ4n) is 4.68. The Hall–Kier alpha value is -4.10. The molecule has 0 aliphatic carbocycles. The minimum Gasteiger partial charge on any atom is -0.322 e. The molecule has 182 valence electrons. The fourth-order valence-corrected chi connectivity index (χ4v) is 4.68. The summed E-state index contributed by atoms with van der Waals surface area (Å²) in [5.74, 6) is 0.646. The van der Waals surface area contributed by atoms with Gasteiger partial charge in [-0.1, -0.05) is 80.6 Å². The van der Waals surface area contributed by atoms with Gasteiger partial charge in [-0.15, -0.1) is 5.10 Å². The maximum absolute atomic E-state index is 13.5. The van der Waals surface area contributed by atoms with Gasteiger partial charge in [0.1, 0.15) is 6.04 Å². The summed E-state index contributed by atoms with van der Waals surface area (Å²) in [5, 5.41) is 13.8. The molecule has 7 nitrogen and oxygen atoms in total. The van der Waals surface area contributed by atoms with Gasteiger partial charge in [-0.2, -0.15) is 0 Å². The summed E-state index contributed by atoms with van der Waals surface area (Å²) in [4.78, 5) is 18.9. The van der Waals surface area contributed by atoms with Crippen LogP contribution in [0.2, 0.25) is 0 Å². The first-order valence-corrected chi connectivity index (χ1v) is 12.4. The number of rotatable bonds is 9. The molecule has 36 heavy (non-hydrogen) atoms. The third-order valence-electron chi connectivity index (χ3n) is 6.62. The third kappa shape index (κ3) is 4.97. The van der Waals surface area contributed by atoms with E-state index >= 15 is 0 Å². The molecule has 0 saturated heterocycles. The molecule has 1 N–H and O–H groups in total. The minimum absolute atomic E-state index is 0.127. The van der Waals surface area contributed by atoms with Gasteiger partial charge in [0, 0.05) is 17.6 Å². The van der Waals surface area contributed by atoms with Crippen LogP contribution >= 0.6 is 0 Å². The molecule has 2 heterocycles. The molecule has 0 aliphatic rings. The van der Waals surface area contributed by atoms with Crippen molar-refractivity contribution in [3.8, 4) is 0 Å². The summed E-state index contributed by atoms with van der Waals surface area (Å²) in [5.41, 5.74) is 4.82. The van der Waals surface area contributed by atoms with Crippen molar-refractivity contribution in [2.45, 2.75) is 39.4 Å². The fraction of sp³-hybridized carbons (Fsp3) is 0.241. The van der Waals surface area contributed by atoms with Crippen molar-refractivity contribution >= 4 is 10.9 Å². The van der Waals surface area contributed by atoms with Crippen LogP contribution in [-0.2, 0) is 19.5 Å². The summed E-state index contributed by atoms with van der Waals surface area (Å²) in [6.45, 7) is 6.13. The smallest absolute Gasteiger partial charge is 0.253 e. The Balaban J connectivity index is 1.65. The summed E-state index contributed by atoms with van der Waals surface area (Å²) in [7, 11) is 0. The molecule has 5 rings (SSSR count). The summed E-state index contributed by atoms with van der Waals surface area (Å²) in [6, 6.07) is 28.2. The largest absolute Gasteiger partial charge is 0.322 e. The Bertz CT molecular complexity index is 1490. The molecule has 0 radical (unpaired) electrons. The van der Waals surface area contributed by atoms with Crippen molar-refractivity contribution in [1.82, 2.24) is 30.1 Å². The number of nitrogens with zero attached hydrogens (tertiary/aromatic N) is 5. The molecule has 3 aromatic carbocycles. The van der Waals surface area contributed by atoms with Crippen molar-refractivity contribution < 1.29 is 0 Å². The van der Waals surface area contributed by atoms with Gasteiger partial charge in [-0.25, -0.2) is 4.68 Å². The average molecular weight is 479 g/mol. The lowest BCUT2D eigenvalue weighted by molar-refractivity contribution is 0.214. The van der Waals surface area contributed by atoms with Crippen LogP contribution in [0.3, 0.4) is 0 Å². The highest BCUT2D eigenvalue weighted by molar-refractivity contribution is 5.80. The van der Waals surface area contributed by atoms with E-state index in [0.29, 0.717) is 31.0 Å². The molecular formula is C29H30N6O. The van der Waals surface area contributed by atoms with E-state index in [2.05, 4.69) is 75.7 Å². The van der Waals surface area contributed by atoms with Crippen LogP contribution in [0.4, 0.5) is 0 Å². The predicted molar refractivity (Wildman–Crippen MR) is 142 cm³/mol. The average Bonchev–Trinajstić information content (AvgIpc) is 3.36. The molecule has 0 aliphatic heterocycles. The van der Waals surface area contributed by atoms with Gasteiger partial charge in [0.05, 0.1) is 6.54 Å². The quantitative estimate of drug-likeness (QED) is 0.331. The summed E-state index contributed by atoms with van der Waals surface area (Å²) >= 11 is 0. The zero-order valence-corrected chi connectivity index (χ0v) is 20.6. The van der Waals surface area contributed by atoms with E-state index in [1.165, 1.54) is 5.56 Å². The van der Waals surface area contributed by atoms with E-state index in [0.717, 1.165) is 28.5 Å². The zero-order valence-electron chi connectivity index (χ0n) is 20.6. The molecule has 0 unspecified atom stereocenters. The van der Waals surface area contributed by atoms with Crippen molar-refractivity contribution in [1.29, 1.82) is 0 Å². The Labute approximate surface area is 210 Å². The number of hydrogen-bond acceptors (Lipinski definition) is 5. The van der Waals surface area contributed by atoms with Crippen LogP contribution in [0.25, 0.3) is 10.9 Å². The van der Waals surface area contributed by atoms with Crippen LogP contribution in [0, 0.1) is 0 Å². The van der Waals surface area contributed by atoms with Crippen molar-refractivity contribution in [3.05, 3.63) is 123 Å². The van der Waals surface area contributed by atoms with Crippen LogP contribution < -0.4 is 5.56 Å². The Morgan fingerprint density at radius 3 is 2.31 bits per heavy atom. The number of nitrogens with one attached hydrogen (secondary N) is 1. The van der Waals surface area contributed by atoms with E-state index in [1.807, 2.05) is 48.5 Å². The maximum Gasteiger partial charge on any atom is 0.253 e. The number of tetrazole rings is 1. The van der Waals surface area contributed by atoms with Gasteiger partial charge in [0.25, 0.3) is 5.56 Å². The second kappa shape index (κ2) is 10.7. The number of fused-ring (bicyclic) bond motifs is 1. The molecule has 0 spiro atoms. The van der Waals surface area contributed by atoms with Gasteiger partial charge < -0.3 is 4.98 Å². The van der Waals surface area contributed by atoms with Crippen molar-refractivity contribution in [3.63, 3.8) is 0 Å². The monoisotopic (exact) mass is 478 g/mol. The van der Waals surface area contributed by atoms with E-state index in [-0.39, 0.29) is 5.56 Å². The summed E-state index contributed by atoms with van der Waals surface area (Å²) < 4.78 is 1.81. The molecule has 5 aromatic rings. The predicted octanol–water partition coefficient (Wildman–Crippen LogP) is 4.74. The first kappa shape index (κ1) is 23.6. The van der Waals surface area contributed by atoms with E-state index in [4.69, 9.17) is 0 Å². The van der Waals surface area contributed by atoms with Gasteiger partial charge in [0.2, 0.25) is 0 Å². The minimum atomic E-state index is -0.424. The van der Waals surface area contributed by atoms with Crippen molar-refractivity contribution in [2.75, 3.05) is 6.54 Å². The van der Waals surface area contributed by atoms with Gasteiger partial charge in [-0.3, -0.25) is 9.69 Å². The van der Waals surface area contributed by atoms with E-state index in [1.54, 1.807) is 4.68 Å². The molecular weight excluding hydrogens is 448 g/mol. The molecule has 1 atom stereocenters. The SMILES string of the molecule is CCc1ccc2[nH]c(=O)c([C@H](c3nnnn3Cc3ccccc3)N(CC)Cc3ccccc3)cc2c1. The molecule has 7 heteroatoms. The maximum atomic E-state index is 13.5. The standard InChI is InChI=1S/C29H30N6O/c1-3-21-15-16-26-24(17-21)18-25(29(36)30-26)27(34(4-2)19-22-11-7-5-8-12-22)28-31-32-33-35(28)20-23-13-9-6-10-14-23/h5-18,27H,3-4,19-20H2,1-2H3,(H,30,36)/t27-/m1/s1. The number of aromatic nitrogens is 5. The Morgan fingerprint density at radius 2 is 1.61 bits per heavy atom. The number of pyridine rings is 1. The Morgan fingerprint density at radius 1 is 0.889 bits per heavy atom. The zero-order chi connectivity index (χ0) is 24.9. The first-order chi connectivity index (χ1) is 17.7. The lowest BCUT2D eigenvalue weighted by Gasteiger charge is -2.30. The molecule has 0 bridgehead atoms. The van der Waals surface area contributed by atoms with Crippen LogP contribution in [0.15, 0.2) is 89.7 Å². The highest BCUT2D eigenvalue weighted by atomic mass is 16.1. The van der Waals surface area contributed by atoms with Crippen LogP contribution in [-0.4, -0.2) is 36.6 Å². The number of aromatic amines is 1. The van der Waals surface area contributed by atoms with Gasteiger partial charge >= 0.3 is 0 Å². The number of hydrogen-bond donors (Lipinski definition) is 1. The Kier molecular flexibility index (Phi) is 7.00. The lowest BCUT2D eigenvalue weighted by atomic mass is 10.0. The van der Waals surface area contributed by atoms with Gasteiger partial charge in [-0.05, 0) is 63.7 Å². The molecule has 0 fully saturated rings. The normalized spacial score (nSPS) is 12.3. The van der Waals surface area contributed by atoms with Gasteiger partial charge in [0.15, 0.2) is 5.82 Å². The van der Waals surface area contributed by atoms with E-state index < -0.39 is 6.04 Å². The number of H-pyrrole nitrogens is 1. The molecule has 0 saturated carbocycles. The second-order valence-corrected chi connectivity index (χ2v) is 8.96. The highest BCUT2D eigenvalue weighted by Crippen LogP contribution is 2.28. The van der Waals surface area contributed by atoms with Crippen molar-refractivity contribution in [2.24, 2.45) is 0 Å². The summed E-state index contributed by atoms with van der Waals surface area (Å²) in [6.07, 6.45) is 0.929. The van der Waals surface area contributed by atoms with Crippen LogP contribution in [0.1, 0.15) is 48.0 Å². The molecule has 0 amide bonds. The number of benzene rings is 3. The molecule has 2 aromatic heterocycles. The van der Waals surface area contributed by atoms with Crippen LogP contribution in [0.5, 0.6) is 0 Å². The van der Waals surface area contributed by atoms with E-state index in [9.17, 15) is 4.79 Å². The number of aryl methyl sites for hydroxylation is 1. The highest BCUT2D eigenvalue weighted by Gasteiger charge is 2.30. The lowest BCUT2D eigenvalue weighted by Crippen LogP contribution is -2.35. The second-order valence-electron chi connectivity index (χ2n) is 8.96. The first-order valence-electron chi connectivity index (χ1n) is 12.4.